The summed E-state index contributed by atoms with van der Waals surface area (Å²) in [5.74, 6) is 0.771. The number of carbonyl (C=O) groups excluding carboxylic acids is 1. The van der Waals surface area contributed by atoms with Gasteiger partial charge in [0.15, 0.2) is 0 Å². The number of hydrogen-bond donors (Lipinski definition) is 2. The fraction of sp³-hybridized carbons (Fsp3) is 0.188. The maximum atomic E-state index is 10.3. The minimum Gasteiger partial charge on any atom is -0.489 e. The molecule has 2 aromatic rings. The second kappa shape index (κ2) is 7.31. The molecule has 1 amide bonds. The topological polar surface area (TPSA) is 64.3 Å². The summed E-state index contributed by atoms with van der Waals surface area (Å²) in [5.41, 5.74) is 8.03. The number of carbonyl (C=O) groups is 1. The normalized spacial score (nSPS) is 11.7. The Labute approximate surface area is 118 Å². The SMILES string of the molecule is NC(CNC=O)c1cccc(OCc2ccccc2)c1. The van der Waals surface area contributed by atoms with Crippen molar-refractivity contribution in [2.75, 3.05) is 6.54 Å². The summed E-state index contributed by atoms with van der Waals surface area (Å²) in [7, 11) is 0. The van der Waals surface area contributed by atoms with Crippen LogP contribution in [-0.2, 0) is 11.4 Å². The van der Waals surface area contributed by atoms with Crippen LogP contribution in [0.25, 0.3) is 0 Å². The number of benzene rings is 2. The minimum atomic E-state index is -0.236. The van der Waals surface area contributed by atoms with Crippen LogP contribution in [0.4, 0.5) is 0 Å². The molecule has 4 heteroatoms. The first kappa shape index (κ1) is 14.1. The van der Waals surface area contributed by atoms with Crippen molar-refractivity contribution in [1.29, 1.82) is 0 Å². The lowest BCUT2D eigenvalue weighted by Crippen LogP contribution is -2.25. The number of hydrogen-bond acceptors (Lipinski definition) is 3. The van der Waals surface area contributed by atoms with Crippen molar-refractivity contribution in [3.63, 3.8) is 0 Å². The van der Waals surface area contributed by atoms with E-state index in [4.69, 9.17) is 10.5 Å². The van der Waals surface area contributed by atoms with Gasteiger partial charge in [-0.2, -0.15) is 0 Å². The number of nitrogens with one attached hydrogen (secondary N) is 1. The van der Waals surface area contributed by atoms with E-state index in [-0.39, 0.29) is 6.04 Å². The zero-order valence-corrected chi connectivity index (χ0v) is 11.2. The third-order valence-electron chi connectivity index (χ3n) is 2.96. The third-order valence-corrected chi connectivity index (χ3v) is 2.96. The molecule has 0 saturated carbocycles. The van der Waals surface area contributed by atoms with Gasteiger partial charge in [0.05, 0.1) is 0 Å². The Morgan fingerprint density at radius 2 is 1.95 bits per heavy atom. The van der Waals surface area contributed by atoms with E-state index >= 15 is 0 Å². The molecule has 2 aromatic carbocycles. The van der Waals surface area contributed by atoms with Crippen LogP contribution in [0.5, 0.6) is 5.75 Å². The molecule has 20 heavy (non-hydrogen) atoms. The van der Waals surface area contributed by atoms with Crippen LogP contribution < -0.4 is 15.8 Å². The van der Waals surface area contributed by atoms with E-state index in [1.165, 1.54) is 0 Å². The van der Waals surface area contributed by atoms with Gasteiger partial charge in [-0.05, 0) is 23.3 Å². The third kappa shape index (κ3) is 4.10. The predicted octanol–water partition coefficient (Wildman–Crippen LogP) is 2.01. The Bertz CT molecular complexity index is 543. The van der Waals surface area contributed by atoms with E-state index < -0.39 is 0 Å². The summed E-state index contributed by atoms with van der Waals surface area (Å²) in [4.78, 5) is 10.3. The van der Waals surface area contributed by atoms with Crippen LogP contribution >= 0.6 is 0 Å². The van der Waals surface area contributed by atoms with Crippen LogP contribution in [-0.4, -0.2) is 13.0 Å². The molecule has 0 aliphatic heterocycles. The number of rotatable bonds is 7. The molecule has 0 aliphatic carbocycles. The van der Waals surface area contributed by atoms with Crippen LogP contribution in [0.15, 0.2) is 54.6 Å². The molecule has 1 unspecified atom stereocenters. The average Bonchev–Trinajstić information content (AvgIpc) is 2.52. The van der Waals surface area contributed by atoms with Gasteiger partial charge in [0.25, 0.3) is 0 Å². The van der Waals surface area contributed by atoms with Gasteiger partial charge in [-0.1, -0.05) is 42.5 Å². The highest BCUT2D eigenvalue weighted by molar-refractivity contribution is 5.46. The van der Waals surface area contributed by atoms with Gasteiger partial charge in [-0.25, -0.2) is 0 Å². The molecule has 0 bridgehead atoms. The highest BCUT2D eigenvalue weighted by atomic mass is 16.5. The fourth-order valence-corrected chi connectivity index (χ4v) is 1.87. The summed E-state index contributed by atoms with van der Waals surface area (Å²) < 4.78 is 5.74. The summed E-state index contributed by atoms with van der Waals surface area (Å²) in [6.07, 6.45) is 0.648. The highest BCUT2D eigenvalue weighted by Crippen LogP contribution is 2.18. The van der Waals surface area contributed by atoms with Crippen molar-refractivity contribution >= 4 is 6.41 Å². The molecule has 0 saturated heterocycles. The van der Waals surface area contributed by atoms with E-state index in [1.54, 1.807) is 0 Å². The maximum absolute atomic E-state index is 10.3. The Balaban J connectivity index is 1.97. The molecule has 1 atom stereocenters. The van der Waals surface area contributed by atoms with E-state index in [9.17, 15) is 4.79 Å². The first-order valence-corrected chi connectivity index (χ1v) is 6.49. The lowest BCUT2D eigenvalue weighted by molar-refractivity contribution is -0.109. The van der Waals surface area contributed by atoms with Crippen LogP contribution in [0.3, 0.4) is 0 Å². The summed E-state index contributed by atoms with van der Waals surface area (Å²) in [6.45, 7) is 0.928. The summed E-state index contributed by atoms with van der Waals surface area (Å²) in [5, 5.41) is 2.58. The van der Waals surface area contributed by atoms with Crippen molar-refractivity contribution in [2.24, 2.45) is 5.73 Å². The van der Waals surface area contributed by atoms with Gasteiger partial charge in [-0.3, -0.25) is 4.79 Å². The van der Waals surface area contributed by atoms with Gasteiger partial charge in [-0.15, -0.1) is 0 Å². The molecule has 104 valence electrons. The van der Waals surface area contributed by atoms with Gasteiger partial charge in [0.2, 0.25) is 6.41 Å². The Morgan fingerprint density at radius 3 is 2.70 bits per heavy atom. The van der Waals surface area contributed by atoms with Crippen LogP contribution in [0.1, 0.15) is 17.2 Å². The van der Waals surface area contributed by atoms with Crippen LogP contribution in [0.2, 0.25) is 0 Å². The molecular weight excluding hydrogens is 252 g/mol. The first-order valence-electron chi connectivity index (χ1n) is 6.49. The quantitative estimate of drug-likeness (QED) is 0.756. The standard InChI is InChI=1S/C16H18N2O2/c17-16(10-18-12-19)14-7-4-8-15(9-14)20-11-13-5-2-1-3-6-13/h1-9,12,16H,10-11,17H2,(H,18,19). The summed E-state index contributed by atoms with van der Waals surface area (Å²) >= 11 is 0. The predicted molar refractivity (Wildman–Crippen MR) is 78.2 cm³/mol. The van der Waals surface area contributed by atoms with E-state index in [0.29, 0.717) is 19.6 Å². The second-order valence-electron chi connectivity index (χ2n) is 4.48. The first-order chi connectivity index (χ1) is 9.79. The Hall–Kier alpha value is -2.33. The van der Waals surface area contributed by atoms with Crippen molar-refractivity contribution in [3.05, 3.63) is 65.7 Å². The van der Waals surface area contributed by atoms with Crippen molar-refractivity contribution in [3.8, 4) is 5.75 Å². The van der Waals surface area contributed by atoms with Crippen molar-refractivity contribution in [2.45, 2.75) is 12.6 Å². The van der Waals surface area contributed by atoms with E-state index in [0.717, 1.165) is 16.9 Å². The number of nitrogens with two attached hydrogens (primary N) is 1. The molecule has 0 spiro atoms. The molecule has 0 aromatic heterocycles. The molecular formula is C16H18N2O2. The molecule has 3 N–H and O–H groups in total. The average molecular weight is 270 g/mol. The summed E-state index contributed by atoms with van der Waals surface area (Å²) in [6, 6.07) is 17.4. The monoisotopic (exact) mass is 270 g/mol. The van der Waals surface area contributed by atoms with Crippen molar-refractivity contribution in [1.82, 2.24) is 5.32 Å². The highest BCUT2D eigenvalue weighted by Gasteiger charge is 2.06. The Morgan fingerprint density at radius 1 is 1.15 bits per heavy atom. The van der Waals surface area contributed by atoms with Gasteiger partial charge in [0.1, 0.15) is 12.4 Å². The lowest BCUT2D eigenvalue weighted by atomic mass is 10.1. The molecule has 0 radical (unpaired) electrons. The van der Waals surface area contributed by atoms with Crippen molar-refractivity contribution < 1.29 is 9.53 Å². The number of amides is 1. The molecule has 0 fully saturated rings. The molecule has 0 aliphatic rings. The molecule has 0 heterocycles. The minimum absolute atomic E-state index is 0.236. The lowest BCUT2D eigenvalue weighted by Gasteiger charge is -2.13. The zero-order chi connectivity index (χ0) is 14.2. The van der Waals surface area contributed by atoms with Gasteiger partial charge in [0, 0.05) is 12.6 Å². The van der Waals surface area contributed by atoms with E-state index in [2.05, 4.69) is 5.32 Å². The largest absolute Gasteiger partial charge is 0.489 e. The Kier molecular flexibility index (Phi) is 5.15. The maximum Gasteiger partial charge on any atom is 0.207 e. The van der Waals surface area contributed by atoms with E-state index in [1.807, 2.05) is 54.6 Å². The smallest absolute Gasteiger partial charge is 0.207 e. The number of ether oxygens (including phenoxy) is 1. The second-order valence-corrected chi connectivity index (χ2v) is 4.48. The van der Waals surface area contributed by atoms with Crippen LogP contribution in [0, 0.1) is 0 Å². The fourth-order valence-electron chi connectivity index (χ4n) is 1.87. The van der Waals surface area contributed by atoms with Gasteiger partial charge < -0.3 is 15.8 Å². The molecule has 2 rings (SSSR count). The van der Waals surface area contributed by atoms with Gasteiger partial charge >= 0.3 is 0 Å². The zero-order valence-electron chi connectivity index (χ0n) is 11.2. The molecule has 4 nitrogen and oxygen atoms in total.